The zero-order valence-corrected chi connectivity index (χ0v) is 18.5. The molecule has 0 aliphatic carbocycles. The van der Waals surface area contributed by atoms with E-state index < -0.39 is 5.92 Å². The predicted molar refractivity (Wildman–Crippen MR) is 122 cm³/mol. The van der Waals surface area contributed by atoms with E-state index in [1.807, 2.05) is 30.3 Å². The lowest BCUT2D eigenvalue weighted by Crippen LogP contribution is -2.53. The highest BCUT2D eigenvalue weighted by molar-refractivity contribution is 6.31. The van der Waals surface area contributed by atoms with Crippen molar-refractivity contribution in [2.24, 2.45) is 5.92 Å². The van der Waals surface area contributed by atoms with E-state index in [0.717, 1.165) is 5.69 Å². The Balaban J connectivity index is 1.34. The van der Waals surface area contributed by atoms with Crippen LogP contribution in [0.4, 0.5) is 16.2 Å². The zero-order valence-electron chi connectivity index (χ0n) is 17.8. The maximum atomic E-state index is 13.1. The molecule has 4 rings (SSSR count). The highest BCUT2D eigenvalue weighted by atomic mass is 35.5. The molecule has 0 bridgehead atoms. The Morgan fingerprint density at radius 2 is 1.72 bits per heavy atom. The van der Waals surface area contributed by atoms with Crippen LogP contribution in [0.3, 0.4) is 0 Å². The summed E-state index contributed by atoms with van der Waals surface area (Å²) in [6, 6.07) is 14.2. The number of halogens is 1. The van der Waals surface area contributed by atoms with Gasteiger partial charge in [0.05, 0.1) is 18.7 Å². The van der Waals surface area contributed by atoms with E-state index in [9.17, 15) is 14.4 Å². The number of anilines is 2. The standard InChI is InChI=1S/C23H25ClN4O4/c1-32-20-8-7-17(24)14-19(20)28-15-16(13-21(28)29)22(30)26-9-11-27(12-10-26)23(31)25-18-5-3-2-4-6-18/h2-8,14,16H,9-13,15H2,1H3,(H,25,31). The minimum atomic E-state index is -0.434. The number of ether oxygens (including phenoxy) is 1. The zero-order chi connectivity index (χ0) is 22.7. The number of para-hydroxylation sites is 1. The van der Waals surface area contributed by atoms with Crippen LogP contribution in [0.1, 0.15) is 6.42 Å². The predicted octanol–water partition coefficient (Wildman–Crippen LogP) is 3.08. The van der Waals surface area contributed by atoms with Crippen molar-refractivity contribution >= 4 is 40.8 Å². The van der Waals surface area contributed by atoms with Crippen molar-refractivity contribution in [3.8, 4) is 5.75 Å². The summed E-state index contributed by atoms with van der Waals surface area (Å²) in [6.07, 6.45) is 0.142. The number of nitrogens with one attached hydrogen (secondary N) is 1. The van der Waals surface area contributed by atoms with Gasteiger partial charge in [-0.25, -0.2) is 4.79 Å². The fourth-order valence-electron chi connectivity index (χ4n) is 4.09. The molecule has 2 saturated heterocycles. The van der Waals surface area contributed by atoms with Crippen molar-refractivity contribution in [1.82, 2.24) is 9.80 Å². The Labute approximate surface area is 191 Å². The molecular formula is C23H25ClN4O4. The summed E-state index contributed by atoms with van der Waals surface area (Å²) in [5.41, 5.74) is 1.31. The summed E-state index contributed by atoms with van der Waals surface area (Å²) in [5.74, 6) is -0.0977. The van der Waals surface area contributed by atoms with Crippen molar-refractivity contribution in [2.45, 2.75) is 6.42 Å². The summed E-state index contributed by atoms with van der Waals surface area (Å²) in [6.45, 7) is 2.04. The Kier molecular flexibility index (Phi) is 6.50. The molecule has 1 unspecified atom stereocenters. The second kappa shape index (κ2) is 9.48. The van der Waals surface area contributed by atoms with E-state index in [1.165, 1.54) is 7.11 Å². The molecule has 9 heteroatoms. The molecular weight excluding hydrogens is 432 g/mol. The summed E-state index contributed by atoms with van der Waals surface area (Å²) >= 11 is 6.10. The number of carbonyl (C=O) groups excluding carboxylic acids is 3. The van der Waals surface area contributed by atoms with Gasteiger partial charge in [0.25, 0.3) is 0 Å². The quantitative estimate of drug-likeness (QED) is 0.766. The second-order valence-corrected chi connectivity index (χ2v) is 8.27. The van der Waals surface area contributed by atoms with Gasteiger partial charge in [-0.2, -0.15) is 0 Å². The van der Waals surface area contributed by atoms with E-state index in [-0.39, 0.29) is 30.8 Å². The van der Waals surface area contributed by atoms with Gasteiger partial charge in [0, 0.05) is 49.9 Å². The number of benzene rings is 2. The number of nitrogens with zero attached hydrogens (tertiary/aromatic N) is 3. The van der Waals surface area contributed by atoms with Gasteiger partial charge in [0.2, 0.25) is 11.8 Å². The Morgan fingerprint density at radius 1 is 1.03 bits per heavy atom. The van der Waals surface area contributed by atoms with Crippen LogP contribution in [-0.4, -0.2) is 67.5 Å². The molecule has 168 valence electrons. The Hall–Kier alpha value is -3.26. The van der Waals surface area contributed by atoms with E-state index in [2.05, 4.69) is 5.32 Å². The number of piperazine rings is 1. The van der Waals surface area contributed by atoms with Gasteiger partial charge in [-0.15, -0.1) is 0 Å². The lowest BCUT2D eigenvalue weighted by Gasteiger charge is -2.35. The van der Waals surface area contributed by atoms with Crippen LogP contribution in [-0.2, 0) is 9.59 Å². The smallest absolute Gasteiger partial charge is 0.321 e. The molecule has 4 amide bonds. The number of urea groups is 1. The van der Waals surface area contributed by atoms with Crippen molar-refractivity contribution in [3.63, 3.8) is 0 Å². The Bertz CT molecular complexity index is 1010. The third kappa shape index (κ3) is 4.65. The maximum absolute atomic E-state index is 13.1. The molecule has 8 nitrogen and oxygen atoms in total. The van der Waals surface area contributed by atoms with Crippen LogP contribution in [0.15, 0.2) is 48.5 Å². The van der Waals surface area contributed by atoms with Crippen LogP contribution in [0.25, 0.3) is 0 Å². The van der Waals surface area contributed by atoms with Crippen LogP contribution >= 0.6 is 11.6 Å². The first-order chi connectivity index (χ1) is 15.5. The van der Waals surface area contributed by atoms with Gasteiger partial charge in [0.15, 0.2) is 0 Å². The molecule has 2 aliphatic rings. The highest BCUT2D eigenvalue weighted by Crippen LogP contribution is 2.35. The van der Waals surface area contributed by atoms with Crippen LogP contribution in [0.5, 0.6) is 5.75 Å². The van der Waals surface area contributed by atoms with Gasteiger partial charge in [-0.05, 0) is 30.3 Å². The lowest BCUT2D eigenvalue weighted by atomic mass is 10.1. The number of hydrogen-bond donors (Lipinski definition) is 1. The summed E-state index contributed by atoms with van der Waals surface area (Å²) < 4.78 is 5.36. The topological polar surface area (TPSA) is 82.2 Å². The van der Waals surface area contributed by atoms with Crippen molar-refractivity contribution in [3.05, 3.63) is 53.6 Å². The van der Waals surface area contributed by atoms with Crippen LogP contribution < -0.4 is 15.0 Å². The lowest BCUT2D eigenvalue weighted by molar-refractivity contribution is -0.137. The molecule has 2 aromatic carbocycles. The minimum absolute atomic E-state index is 0.0648. The SMILES string of the molecule is COc1ccc(Cl)cc1N1CC(C(=O)N2CCN(C(=O)Nc3ccccc3)CC2)CC1=O. The average Bonchev–Trinajstić information content (AvgIpc) is 3.20. The van der Waals surface area contributed by atoms with Crippen LogP contribution in [0.2, 0.25) is 5.02 Å². The monoisotopic (exact) mass is 456 g/mol. The van der Waals surface area contributed by atoms with E-state index >= 15 is 0 Å². The van der Waals surface area contributed by atoms with Gasteiger partial charge >= 0.3 is 6.03 Å². The molecule has 2 aliphatic heterocycles. The largest absolute Gasteiger partial charge is 0.495 e. The normalized spacial score (nSPS) is 18.6. The molecule has 0 spiro atoms. The third-order valence-electron chi connectivity index (χ3n) is 5.81. The summed E-state index contributed by atoms with van der Waals surface area (Å²) in [7, 11) is 1.53. The number of carbonyl (C=O) groups is 3. The number of amides is 4. The first-order valence-corrected chi connectivity index (χ1v) is 10.9. The number of hydrogen-bond acceptors (Lipinski definition) is 4. The Morgan fingerprint density at radius 3 is 2.41 bits per heavy atom. The molecule has 1 N–H and O–H groups in total. The minimum Gasteiger partial charge on any atom is -0.495 e. The molecule has 32 heavy (non-hydrogen) atoms. The van der Waals surface area contributed by atoms with Gasteiger partial charge in [0.1, 0.15) is 5.75 Å². The molecule has 2 heterocycles. The molecule has 0 aromatic heterocycles. The van der Waals surface area contributed by atoms with E-state index in [0.29, 0.717) is 42.6 Å². The van der Waals surface area contributed by atoms with Crippen molar-refractivity contribution in [2.75, 3.05) is 50.1 Å². The average molecular weight is 457 g/mol. The second-order valence-electron chi connectivity index (χ2n) is 7.83. The molecule has 1 atom stereocenters. The highest BCUT2D eigenvalue weighted by Gasteiger charge is 2.39. The maximum Gasteiger partial charge on any atom is 0.321 e. The van der Waals surface area contributed by atoms with Gasteiger partial charge in [-0.3, -0.25) is 9.59 Å². The molecule has 2 aromatic rings. The summed E-state index contributed by atoms with van der Waals surface area (Å²) in [5, 5.41) is 3.36. The van der Waals surface area contributed by atoms with Crippen LogP contribution in [0, 0.1) is 5.92 Å². The van der Waals surface area contributed by atoms with Crippen molar-refractivity contribution in [1.29, 1.82) is 0 Å². The van der Waals surface area contributed by atoms with Gasteiger partial charge < -0.3 is 24.8 Å². The fraction of sp³-hybridized carbons (Fsp3) is 0.348. The van der Waals surface area contributed by atoms with Gasteiger partial charge in [-0.1, -0.05) is 29.8 Å². The fourth-order valence-corrected chi connectivity index (χ4v) is 4.26. The van der Waals surface area contributed by atoms with E-state index in [4.69, 9.17) is 16.3 Å². The molecule has 0 radical (unpaired) electrons. The number of rotatable bonds is 4. The van der Waals surface area contributed by atoms with Crippen molar-refractivity contribution < 1.29 is 19.1 Å². The van der Waals surface area contributed by atoms with E-state index in [1.54, 1.807) is 32.9 Å². The molecule has 0 saturated carbocycles. The third-order valence-corrected chi connectivity index (χ3v) is 6.04. The summed E-state index contributed by atoms with van der Waals surface area (Å²) in [4.78, 5) is 43.2. The number of methoxy groups -OCH3 is 1. The first-order valence-electron chi connectivity index (χ1n) is 10.5. The first kappa shape index (κ1) is 22.0. The molecule has 2 fully saturated rings.